The summed E-state index contributed by atoms with van der Waals surface area (Å²) in [5.74, 6) is 6.47. The molecular weight excluding hydrogens is 745 g/mol. The zero-order chi connectivity index (χ0) is 42.0. The van der Waals surface area contributed by atoms with E-state index in [4.69, 9.17) is 19.1 Å². The summed E-state index contributed by atoms with van der Waals surface area (Å²) in [4.78, 5) is 0. The molecule has 0 aliphatic rings. The van der Waals surface area contributed by atoms with Gasteiger partial charge in [-0.25, -0.2) is 0 Å². The summed E-state index contributed by atoms with van der Waals surface area (Å²) in [6.45, 7) is 16.1. The summed E-state index contributed by atoms with van der Waals surface area (Å²) >= 11 is 0. The van der Waals surface area contributed by atoms with Crippen LogP contribution in [0.1, 0.15) is 119 Å². The molecule has 0 atom stereocenters. The fourth-order valence-corrected chi connectivity index (χ4v) is 17.0. The van der Waals surface area contributed by atoms with Crippen LogP contribution in [0, 0.1) is 11.8 Å². The van der Waals surface area contributed by atoms with Crippen molar-refractivity contribution in [3.05, 3.63) is 133 Å². The van der Waals surface area contributed by atoms with Crippen LogP contribution in [0.3, 0.4) is 0 Å². The van der Waals surface area contributed by atoms with E-state index in [0.29, 0.717) is 6.61 Å². The number of hydrogen-bond donors (Lipinski definition) is 2. The highest BCUT2D eigenvalue weighted by Gasteiger charge is 2.51. The summed E-state index contributed by atoms with van der Waals surface area (Å²) < 4.78 is 13.8. The van der Waals surface area contributed by atoms with Gasteiger partial charge in [-0.3, -0.25) is 0 Å². The van der Waals surface area contributed by atoms with Crippen molar-refractivity contribution in [2.24, 2.45) is 0 Å². The minimum absolute atomic E-state index is 0.0300. The van der Waals surface area contributed by atoms with Gasteiger partial charge in [0.1, 0.15) is 0 Å². The van der Waals surface area contributed by atoms with E-state index in [1.165, 1.54) is 20.7 Å². The van der Waals surface area contributed by atoms with E-state index < -0.39 is 16.6 Å². The zero-order valence-electron chi connectivity index (χ0n) is 36.7. The lowest BCUT2D eigenvalue weighted by Crippen LogP contribution is -2.66. The minimum Gasteiger partial charge on any atom is -0.407 e. The first-order valence-corrected chi connectivity index (χ1v) is 25.7. The van der Waals surface area contributed by atoms with Crippen molar-refractivity contribution in [3.8, 4) is 11.8 Å². The van der Waals surface area contributed by atoms with Gasteiger partial charge in [0.05, 0.1) is 0 Å². The lowest BCUT2D eigenvalue weighted by Gasteiger charge is -2.43. The molecule has 6 heteroatoms. The van der Waals surface area contributed by atoms with Crippen LogP contribution in [-0.2, 0) is 8.85 Å². The lowest BCUT2D eigenvalue weighted by molar-refractivity contribution is 0.285. The van der Waals surface area contributed by atoms with Crippen molar-refractivity contribution >= 4 is 37.4 Å². The Kier molecular flexibility index (Phi) is 22.3. The first kappa shape index (κ1) is 48.8. The van der Waals surface area contributed by atoms with Crippen molar-refractivity contribution in [1.29, 1.82) is 0 Å². The molecule has 0 fully saturated rings. The van der Waals surface area contributed by atoms with Crippen molar-refractivity contribution < 1.29 is 19.1 Å². The van der Waals surface area contributed by atoms with Gasteiger partial charge >= 0.3 is 0 Å². The SMILES string of the molecule is CC(C)(C)[Si](OCCCC/C=C\CCCCO)(c1ccccc1)c1ccccc1.CC(C)(C)[Si](OCCCCC#CCCCCO)(c1ccccc1)c1ccccc1. The molecule has 4 aromatic carbocycles. The first-order chi connectivity index (χ1) is 28.0. The Labute approximate surface area is 355 Å². The van der Waals surface area contributed by atoms with E-state index in [1.54, 1.807) is 0 Å². The third-order valence-corrected chi connectivity index (χ3v) is 20.8. The van der Waals surface area contributed by atoms with E-state index in [-0.39, 0.29) is 16.7 Å². The van der Waals surface area contributed by atoms with E-state index in [0.717, 1.165) is 90.3 Å². The Bertz CT molecular complexity index is 1640. The van der Waals surface area contributed by atoms with Crippen LogP contribution in [0.2, 0.25) is 10.1 Å². The molecule has 0 aliphatic carbocycles. The predicted octanol–water partition coefficient (Wildman–Crippen LogP) is 10.4. The van der Waals surface area contributed by atoms with Crippen molar-refractivity contribution in [1.82, 2.24) is 0 Å². The van der Waals surface area contributed by atoms with Crippen LogP contribution >= 0.6 is 0 Å². The third kappa shape index (κ3) is 14.9. The normalized spacial score (nSPS) is 12.1. The molecule has 2 N–H and O–H groups in total. The van der Waals surface area contributed by atoms with Gasteiger partial charge in [-0.2, -0.15) is 0 Å². The molecule has 4 aromatic rings. The summed E-state index contributed by atoms with van der Waals surface area (Å²) in [5.41, 5.74) is 0. The van der Waals surface area contributed by atoms with Gasteiger partial charge in [0.2, 0.25) is 0 Å². The molecule has 58 heavy (non-hydrogen) atoms. The largest absolute Gasteiger partial charge is 0.407 e. The number of benzene rings is 4. The number of hydrogen-bond acceptors (Lipinski definition) is 4. The quantitative estimate of drug-likeness (QED) is 0.0359. The first-order valence-electron chi connectivity index (χ1n) is 21.9. The highest BCUT2D eigenvalue weighted by Crippen LogP contribution is 2.38. The molecule has 0 saturated carbocycles. The third-order valence-electron chi connectivity index (χ3n) is 10.7. The zero-order valence-corrected chi connectivity index (χ0v) is 38.7. The Morgan fingerprint density at radius 2 is 0.724 bits per heavy atom. The minimum atomic E-state index is -2.40. The average Bonchev–Trinajstić information content (AvgIpc) is 3.23. The fraction of sp³-hybridized carbons (Fsp3) is 0.462. The summed E-state index contributed by atoms with van der Waals surface area (Å²) in [6.07, 6.45) is 16.6. The summed E-state index contributed by atoms with van der Waals surface area (Å²) in [6, 6.07) is 43.3. The Morgan fingerprint density at radius 3 is 1.05 bits per heavy atom. The maximum Gasteiger partial charge on any atom is 0.261 e. The Hall–Kier alpha value is -3.55. The van der Waals surface area contributed by atoms with Gasteiger partial charge in [0.25, 0.3) is 16.6 Å². The maximum atomic E-state index is 8.82. The van der Waals surface area contributed by atoms with E-state index in [1.807, 2.05) is 0 Å². The number of aliphatic hydroxyl groups is 2. The maximum absolute atomic E-state index is 8.82. The molecular formula is C52H74O4Si2. The standard InChI is InChI=1S/C26H38O2Si.C26H36O2Si/c2*1-26(2,3)29(24-18-12-10-13-19-24,25-20-14-11-15-21-25)28-23-17-9-7-5-4-6-8-16-22-27/h4-5,10-15,18-21,27H,6-9,16-17,22-23H2,1-3H3;10-15,18-21,27H,6-9,16-17,22-23H2,1-3H3/b5-4-;. The summed E-state index contributed by atoms with van der Waals surface area (Å²) in [7, 11) is -4.78. The Balaban J connectivity index is 0.000000310. The molecule has 0 aliphatic heterocycles. The number of rotatable bonds is 22. The monoisotopic (exact) mass is 819 g/mol. The average molecular weight is 819 g/mol. The fourth-order valence-electron chi connectivity index (χ4n) is 7.77. The number of allylic oxidation sites excluding steroid dienone is 2. The van der Waals surface area contributed by atoms with Crippen molar-refractivity contribution in [3.63, 3.8) is 0 Å². The molecule has 0 heterocycles. The van der Waals surface area contributed by atoms with Crippen LogP contribution in [0.25, 0.3) is 0 Å². The lowest BCUT2D eigenvalue weighted by atomic mass is 10.2. The van der Waals surface area contributed by atoms with Gasteiger partial charge in [-0.15, -0.1) is 11.8 Å². The molecule has 0 unspecified atom stereocenters. The van der Waals surface area contributed by atoms with E-state index in [2.05, 4.69) is 187 Å². The van der Waals surface area contributed by atoms with Gasteiger partial charge in [-0.1, -0.05) is 175 Å². The summed E-state index contributed by atoms with van der Waals surface area (Å²) in [5, 5.41) is 23.1. The van der Waals surface area contributed by atoms with Crippen molar-refractivity contribution in [2.45, 2.75) is 129 Å². The van der Waals surface area contributed by atoms with Crippen LogP contribution < -0.4 is 20.7 Å². The highest BCUT2D eigenvalue weighted by molar-refractivity contribution is 7.00. The van der Waals surface area contributed by atoms with Gasteiger partial charge in [0, 0.05) is 39.3 Å². The van der Waals surface area contributed by atoms with Gasteiger partial charge in [0.15, 0.2) is 0 Å². The van der Waals surface area contributed by atoms with E-state index in [9.17, 15) is 0 Å². The van der Waals surface area contributed by atoms with Gasteiger partial charge < -0.3 is 19.1 Å². The second kappa shape index (κ2) is 26.5. The molecule has 4 rings (SSSR count). The second-order valence-corrected chi connectivity index (χ2v) is 25.8. The molecule has 314 valence electrons. The molecule has 0 spiro atoms. The molecule has 0 radical (unpaired) electrons. The topological polar surface area (TPSA) is 58.9 Å². The molecule has 0 amide bonds. The van der Waals surface area contributed by atoms with Gasteiger partial charge in [-0.05, 0) is 95.0 Å². The smallest absolute Gasteiger partial charge is 0.261 e. The Morgan fingerprint density at radius 1 is 0.431 bits per heavy atom. The van der Waals surface area contributed by atoms with Crippen LogP contribution in [0.5, 0.6) is 0 Å². The van der Waals surface area contributed by atoms with Crippen LogP contribution in [0.4, 0.5) is 0 Å². The van der Waals surface area contributed by atoms with E-state index >= 15 is 0 Å². The number of aliphatic hydroxyl groups excluding tert-OH is 2. The predicted molar refractivity (Wildman–Crippen MR) is 254 cm³/mol. The van der Waals surface area contributed by atoms with Crippen molar-refractivity contribution in [2.75, 3.05) is 26.4 Å². The second-order valence-electron chi connectivity index (χ2n) is 17.2. The molecule has 0 bridgehead atoms. The van der Waals surface area contributed by atoms with Crippen LogP contribution in [0.15, 0.2) is 133 Å². The van der Waals surface area contributed by atoms with Crippen LogP contribution in [-0.4, -0.2) is 53.3 Å². The molecule has 4 nitrogen and oxygen atoms in total. The molecule has 0 aromatic heterocycles. The highest BCUT2D eigenvalue weighted by atomic mass is 28.4. The molecule has 0 saturated heterocycles. The number of unbranched alkanes of at least 4 members (excludes halogenated alkanes) is 8.